The molecule has 0 amide bonds. The molecule has 2 rings (SSSR count). The largest absolute Gasteiger partial charge is 0.416 e. The minimum atomic E-state index is -4.24. The minimum Gasteiger partial charge on any atom is -0.312 e. The fraction of sp³-hybridized carbons (Fsp3) is 0.538. The summed E-state index contributed by atoms with van der Waals surface area (Å²) in [6.07, 6.45) is -1.73. The summed E-state index contributed by atoms with van der Waals surface area (Å²) in [5.41, 5.74) is 0.309. The zero-order valence-corrected chi connectivity index (χ0v) is 10.8. The van der Waals surface area contributed by atoms with Gasteiger partial charge in [-0.05, 0) is 36.3 Å². The van der Waals surface area contributed by atoms with Gasteiger partial charge in [-0.15, -0.1) is 0 Å². The van der Waals surface area contributed by atoms with Crippen molar-refractivity contribution in [3.8, 4) is 0 Å². The van der Waals surface area contributed by atoms with E-state index in [9.17, 15) is 13.2 Å². The minimum absolute atomic E-state index is 0.586. The number of rotatable bonds is 4. The average Bonchev–Trinajstić information content (AvgIpc) is 2.82. The summed E-state index contributed by atoms with van der Waals surface area (Å²) in [5, 5.41) is 3.97. The number of hydrogen-bond acceptors (Lipinski definition) is 2. The Morgan fingerprint density at radius 1 is 1.22 bits per heavy atom. The lowest BCUT2D eigenvalue weighted by Crippen LogP contribution is -2.22. The lowest BCUT2D eigenvalue weighted by Gasteiger charge is -2.11. The predicted molar refractivity (Wildman–Crippen MR) is 68.6 cm³/mol. The quantitative estimate of drug-likeness (QED) is 0.899. The van der Waals surface area contributed by atoms with Gasteiger partial charge >= 0.3 is 6.18 Å². The number of alkyl halides is 3. The van der Waals surface area contributed by atoms with Crippen LogP contribution in [-0.4, -0.2) is 17.5 Å². The van der Waals surface area contributed by atoms with Gasteiger partial charge in [0.15, 0.2) is 0 Å². The molecule has 1 N–H and O–H groups in total. The Hall–Kier alpha value is -0.680. The normalized spacial score (nSPS) is 20.3. The van der Waals surface area contributed by atoms with E-state index in [4.69, 9.17) is 0 Å². The highest BCUT2D eigenvalue weighted by Gasteiger charge is 2.29. The first kappa shape index (κ1) is 13.7. The Morgan fingerprint density at radius 3 is 2.50 bits per heavy atom. The predicted octanol–water partition coefficient (Wildman–Crippen LogP) is 3.69. The summed E-state index contributed by atoms with van der Waals surface area (Å²) in [6.45, 7) is 1.57. The van der Waals surface area contributed by atoms with Gasteiger partial charge in [0.2, 0.25) is 0 Å². The molecular weight excluding hydrogens is 259 g/mol. The molecule has 1 heterocycles. The van der Waals surface area contributed by atoms with E-state index in [1.54, 1.807) is 0 Å². The van der Waals surface area contributed by atoms with Crippen molar-refractivity contribution in [3.63, 3.8) is 0 Å². The van der Waals surface area contributed by atoms with Gasteiger partial charge in [0.25, 0.3) is 0 Å². The molecule has 1 fully saturated rings. The number of halogens is 3. The molecule has 1 saturated heterocycles. The van der Waals surface area contributed by atoms with Gasteiger partial charge < -0.3 is 5.32 Å². The van der Waals surface area contributed by atoms with E-state index in [2.05, 4.69) is 5.32 Å². The molecule has 1 aromatic carbocycles. The van der Waals surface area contributed by atoms with Crippen LogP contribution in [-0.2, 0) is 12.7 Å². The lowest BCUT2D eigenvalue weighted by molar-refractivity contribution is -0.137. The van der Waals surface area contributed by atoms with Crippen LogP contribution in [0.15, 0.2) is 24.3 Å². The fourth-order valence-corrected chi connectivity index (χ4v) is 3.23. The summed E-state index contributed by atoms with van der Waals surface area (Å²) >= 11 is 1.97. The van der Waals surface area contributed by atoms with Gasteiger partial charge in [-0.1, -0.05) is 12.1 Å². The van der Waals surface area contributed by atoms with Crippen molar-refractivity contribution in [2.24, 2.45) is 0 Å². The summed E-state index contributed by atoms with van der Waals surface area (Å²) in [5.74, 6) is 1.23. The smallest absolute Gasteiger partial charge is 0.312 e. The van der Waals surface area contributed by atoms with Gasteiger partial charge in [-0.3, -0.25) is 0 Å². The summed E-state index contributed by atoms with van der Waals surface area (Å²) in [7, 11) is 0. The van der Waals surface area contributed by atoms with Gasteiger partial charge in [-0.2, -0.15) is 24.9 Å². The van der Waals surface area contributed by atoms with Crippen LogP contribution in [0.5, 0.6) is 0 Å². The molecule has 100 valence electrons. The van der Waals surface area contributed by atoms with Crippen LogP contribution in [0.3, 0.4) is 0 Å². The van der Waals surface area contributed by atoms with E-state index in [-0.39, 0.29) is 0 Å². The van der Waals surface area contributed by atoms with E-state index in [1.807, 2.05) is 11.8 Å². The van der Waals surface area contributed by atoms with Crippen molar-refractivity contribution in [1.29, 1.82) is 0 Å². The molecule has 1 unspecified atom stereocenters. The first-order valence-corrected chi connectivity index (χ1v) is 7.09. The molecule has 0 aliphatic carbocycles. The molecule has 1 aliphatic heterocycles. The molecule has 0 saturated carbocycles. The van der Waals surface area contributed by atoms with Crippen molar-refractivity contribution in [2.45, 2.75) is 30.8 Å². The Morgan fingerprint density at radius 2 is 1.94 bits per heavy atom. The van der Waals surface area contributed by atoms with Crippen molar-refractivity contribution in [3.05, 3.63) is 35.4 Å². The molecule has 1 aliphatic rings. The Kier molecular flexibility index (Phi) is 4.56. The number of benzene rings is 1. The van der Waals surface area contributed by atoms with E-state index >= 15 is 0 Å². The molecule has 1 atom stereocenters. The second-order valence-corrected chi connectivity index (χ2v) is 5.87. The third-order valence-electron chi connectivity index (χ3n) is 3.01. The van der Waals surface area contributed by atoms with Crippen molar-refractivity contribution in [2.75, 3.05) is 12.3 Å². The molecule has 18 heavy (non-hydrogen) atoms. The summed E-state index contributed by atoms with van der Waals surface area (Å²) in [6, 6.07) is 5.36. The third kappa shape index (κ3) is 3.92. The molecule has 0 radical (unpaired) electrons. The van der Waals surface area contributed by atoms with Crippen molar-refractivity contribution >= 4 is 11.8 Å². The molecule has 5 heteroatoms. The fourth-order valence-electron chi connectivity index (χ4n) is 1.99. The zero-order valence-electron chi connectivity index (χ0n) is 9.96. The Balaban J connectivity index is 1.79. The van der Waals surface area contributed by atoms with E-state index in [1.165, 1.54) is 30.7 Å². The van der Waals surface area contributed by atoms with Gasteiger partial charge in [0, 0.05) is 18.3 Å². The Labute approximate surface area is 109 Å². The highest BCUT2D eigenvalue weighted by molar-refractivity contribution is 8.00. The number of hydrogen-bond donors (Lipinski definition) is 1. The van der Waals surface area contributed by atoms with Crippen LogP contribution in [0.2, 0.25) is 0 Å². The van der Waals surface area contributed by atoms with E-state index in [0.717, 1.165) is 24.2 Å². The number of nitrogens with one attached hydrogen (secondary N) is 1. The lowest BCUT2D eigenvalue weighted by atomic mass is 10.1. The second kappa shape index (κ2) is 5.97. The maximum absolute atomic E-state index is 12.4. The standard InChI is InChI=1S/C13H16F3NS/c14-13(15,16)11-5-3-10(4-6-11)8-17-9-12-2-1-7-18-12/h3-6,12,17H,1-2,7-9H2. The van der Waals surface area contributed by atoms with Crippen LogP contribution in [0.25, 0.3) is 0 Å². The van der Waals surface area contributed by atoms with Crippen LogP contribution < -0.4 is 5.32 Å². The van der Waals surface area contributed by atoms with E-state index < -0.39 is 11.7 Å². The molecular formula is C13H16F3NS. The Bertz CT molecular complexity index is 369. The molecule has 0 aromatic heterocycles. The average molecular weight is 275 g/mol. The third-order valence-corrected chi connectivity index (χ3v) is 4.40. The van der Waals surface area contributed by atoms with Crippen molar-refractivity contribution in [1.82, 2.24) is 5.32 Å². The van der Waals surface area contributed by atoms with Gasteiger partial charge in [-0.25, -0.2) is 0 Å². The van der Waals surface area contributed by atoms with E-state index in [0.29, 0.717) is 11.8 Å². The summed E-state index contributed by atoms with van der Waals surface area (Å²) in [4.78, 5) is 0. The maximum Gasteiger partial charge on any atom is 0.416 e. The molecule has 0 bridgehead atoms. The van der Waals surface area contributed by atoms with Gasteiger partial charge in [0.1, 0.15) is 0 Å². The van der Waals surface area contributed by atoms with Crippen molar-refractivity contribution < 1.29 is 13.2 Å². The van der Waals surface area contributed by atoms with Crippen LogP contribution in [0, 0.1) is 0 Å². The highest BCUT2D eigenvalue weighted by Crippen LogP contribution is 2.29. The summed E-state index contributed by atoms with van der Waals surface area (Å²) < 4.78 is 37.1. The van der Waals surface area contributed by atoms with Crippen LogP contribution in [0.4, 0.5) is 13.2 Å². The molecule has 0 spiro atoms. The first-order chi connectivity index (χ1) is 8.55. The molecule has 1 aromatic rings. The maximum atomic E-state index is 12.4. The first-order valence-electron chi connectivity index (χ1n) is 6.04. The van der Waals surface area contributed by atoms with Crippen LogP contribution in [0.1, 0.15) is 24.0 Å². The monoisotopic (exact) mass is 275 g/mol. The SMILES string of the molecule is FC(F)(F)c1ccc(CNCC2CCCS2)cc1. The highest BCUT2D eigenvalue weighted by atomic mass is 32.2. The van der Waals surface area contributed by atoms with Gasteiger partial charge in [0.05, 0.1) is 5.56 Å². The van der Waals surface area contributed by atoms with Crippen LogP contribution >= 0.6 is 11.8 Å². The zero-order chi connectivity index (χ0) is 13.0. The second-order valence-electron chi connectivity index (χ2n) is 4.46. The number of thioether (sulfide) groups is 1. The molecule has 1 nitrogen and oxygen atoms in total. The topological polar surface area (TPSA) is 12.0 Å².